The minimum absolute atomic E-state index is 0.157. The number of nitrogens with one attached hydrogen (secondary N) is 2. The summed E-state index contributed by atoms with van der Waals surface area (Å²) in [6.07, 6.45) is 0.441. The summed E-state index contributed by atoms with van der Waals surface area (Å²) in [7, 11) is 0. The predicted octanol–water partition coefficient (Wildman–Crippen LogP) is -0.619. The van der Waals surface area contributed by atoms with Crippen LogP contribution >= 0.6 is 0 Å². The Morgan fingerprint density at radius 3 is 2.75 bits per heavy atom. The van der Waals surface area contributed by atoms with E-state index in [9.17, 15) is 10.2 Å². The number of aliphatic hydroxyl groups is 2. The van der Waals surface area contributed by atoms with Gasteiger partial charge in [0.05, 0.1) is 12.1 Å². The fraction of sp³-hybridized carbons (Fsp3) is 0.500. The molecule has 0 aliphatic carbocycles. The SMILES string of the molecule is OC1CNC(c2ccc[nH]2)C1O. The zero-order valence-electron chi connectivity index (χ0n) is 6.57. The van der Waals surface area contributed by atoms with Crippen molar-refractivity contribution in [1.82, 2.24) is 10.3 Å². The molecule has 1 aromatic rings. The molecule has 0 spiro atoms. The van der Waals surface area contributed by atoms with E-state index < -0.39 is 12.2 Å². The van der Waals surface area contributed by atoms with Gasteiger partial charge in [-0.05, 0) is 12.1 Å². The van der Waals surface area contributed by atoms with E-state index >= 15 is 0 Å². The van der Waals surface area contributed by atoms with Gasteiger partial charge in [-0.25, -0.2) is 0 Å². The third-order valence-electron chi connectivity index (χ3n) is 2.24. The van der Waals surface area contributed by atoms with E-state index in [1.54, 1.807) is 6.20 Å². The number of aromatic nitrogens is 1. The average molecular weight is 168 g/mol. The average Bonchev–Trinajstić information content (AvgIpc) is 2.64. The van der Waals surface area contributed by atoms with Gasteiger partial charge in [0.2, 0.25) is 0 Å². The van der Waals surface area contributed by atoms with Crippen LogP contribution in [0.4, 0.5) is 0 Å². The quantitative estimate of drug-likeness (QED) is 0.452. The van der Waals surface area contributed by atoms with E-state index in [4.69, 9.17) is 0 Å². The van der Waals surface area contributed by atoms with Gasteiger partial charge in [0.15, 0.2) is 0 Å². The normalized spacial score (nSPS) is 35.7. The first-order valence-corrected chi connectivity index (χ1v) is 4.02. The van der Waals surface area contributed by atoms with Crippen LogP contribution in [0.5, 0.6) is 0 Å². The molecule has 3 atom stereocenters. The molecule has 2 rings (SSSR count). The van der Waals surface area contributed by atoms with Crippen LogP contribution in [0.3, 0.4) is 0 Å². The molecule has 1 aromatic heterocycles. The van der Waals surface area contributed by atoms with Gasteiger partial charge in [-0.15, -0.1) is 0 Å². The highest BCUT2D eigenvalue weighted by atomic mass is 16.3. The van der Waals surface area contributed by atoms with Crippen LogP contribution in [0.2, 0.25) is 0 Å². The van der Waals surface area contributed by atoms with Crippen molar-refractivity contribution < 1.29 is 10.2 Å². The lowest BCUT2D eigenvalue weighted by molar-refractivity contribution is 0.0399. The highest BCUT2D eigenvalue weighted by Crippen LogP contribution is 2.22. The molecule has 0 saturated carbocycles. The second-order valence-corrected chi connectivity index (χ2v) is 3.07. The number of rotatable bonds is 1. The second kappa shape index (κ2) is 2.90. The Morgan fingerprint density at radius 2 is 2.25 bits per heavy atom. The minimum atomic E-state index is -0.705. The summed E-state index contributed by atoms with van der Waals surface area (Å²) in [6.45, 7) is 0.449. The maximum Gasteiger partial charge on any atom is 0.102 e. The smallest absolute Gasteiger partial charge is 0.102 e. The van der Waals surface area contributed by atoms with Crippen molar-refractivity contribution in [3.8, 4) is 0 Å². The van der Waals surface area contributed by atoms with Gasteiger partial charge in [-0.1, -0.05) is 0 Å². The zero-order chi connectivity index (χ0) is 8.55. The van der Waals surface area contributed by atoms with Crippen LogP contribution in [-0.2, 0) is 0 Å². The number of hydrogen-bond donors (Lipinski definition) is 4. The maximum atomic E-state index is 9.50. The van der Waals surface area contributed by atoms with Gasteiger partial charge in [0.25, 0.3) is 0 Å². The van der Waals surface area contributed by atoms with Crippen molar-refractivity contribution >= 4 is 0 Å². The van der Waals surface area contributed by atoms with Gasteiger partial charge >= 0.3 is 0 Å². The van der Waals surface area contributed by atoms with Crippen LogP contribution in [0.15, 0.2) is 18.3 Å². The zero-order valence-corrected chi connectivity index (χ0v) is 6.57. The first-order chi connectivity index (χ1) is 5.79. The summed E-state index contributed by atoms with van der Waals surface area (Å²) in [5.74, 6) is 0. The van der Waals surface area contributed by atoms with Crippen molar-refractivity contribution in [2.75, 3.05) is 6.54 Å². The summed E-state index contributed by atoms with van der Waals surface area (Å²) >= 11 is 0. The van der Waals surface area contributed by atoms with Gasteiger partial charge in [0.1, 0.15) is 6.10 Å². The van der Waals surface area contributed by atoms with Crippen LogP contribution < -0.4 is 5.32 Å². The number of β-amino-alcohol motifs (C(OH)–C–C–N with tert-alkyl or cyclic N) is 1. The first-order valence-electron chi connectivity index (χ1n) is 4.02. The highest BCUT2D eigenvalue weighted by Gasteiger charge is 2.34. The van der Waals surface area contributed by atoms with Crippen molar-refractivity contribution in [1.29, 1.82) is 0 Å². The standard InChI is InChI=1S/C8H12N2O2/c11-6-4-10-7(8(6)12)5-2-1-3-9-5/h1-3,6-12H,4H2. The number of aromatic amines is 1. The molecule has 4 N–H and O–H groups in total. The molecule has 12 heavy (non-hydrogen) atoms. The lowest BCUT2D eigenvalue weighted by atomic mass is 10.1. The summed E-state index contributed by atoms with van der Waals surface area (Å²) in [4.78, 5) is 3.00. The Hall–Kier alpha value is -0.840. The Morgan fingerprint density at radius 1 is 1.42 bits per heavy atom. The Kier molecular flexibility index (Phi) is 1.88. The molecule has 66 valence electrons. The molecule has 4 nitrogen and oxygen atoms in total. The number of aliphatic hydroxyl groups excluding tert-OH is 2. The lowest BCUT2D eigenvalue weighted by Crippen LogP contribution is -2.25. The largest absolute Gasteiger partial charge is 0.389 e. The van der Waals surface area contributed by atoms with Gasteiger partial charge in [0, 0.05) is 18.4 Å². The van der Waals surface area contributed by atoms with E-state index in [1.165, 1.54) is 0 Å². The van der Waals surface area contributed by atoms with E-state index in [-0.39, 0.29) is 6.04 Å². The molecule has 1 aliphatic rings. The van der Waals surface area contributed by atoms with Crippen LogP contribution in [-0.4, -0.2) is 33.9 Å². The van der Waals surface area contributed by atoms with E-state index in [0.29, 0.717) is 6.54 Å². The third kappa shape index (κ3) is 1.14. The van der Waals surface area contributed by atoms with Crippen LogP contribution in [0, 0.1) is 0 Å². The molecule has 2 heterocycles. The Labute approximate surface area is 70.2 Å². The second-order valence-electron chi connectivity index (χ2n) is 3.07. The van der Waals surface area contributed by atoms with E-state index in [1.807, 2.05) is 12.1 Å². The summed E-state index contributed by atoms with van der Waals surface area (Å²) < 4.78 is 0. The third-order valence-corrected chi connectivity index (χ3v) is 2.24. The molecule has 4 heteroatoms. The molecule has 3 unspecified atom stereocenters. The molecule has 0 radical (unpaired) electrons. The molecule has 1 saturated heterocycles. The fourth-order valence-corrected chi connectivity index (χ4v) is 1.54. The lowest BCUT2D eigenvalue weighted by Gasteiger charge is -2.13. The van der Waals surface area contributed by atoms with Crippen molar-refractivity contribution in [3.63, 3.8) is 0 Å². The summed E-state index contributed by atoms with van der Waals surface area (Å²) in [5.41, 5.74) is 0.916. The monoisotopic (exact) mass is 168 g/mol. The van der Waals surface area contributed by atoms with Gasteiger partial charge < -0.3 is 20.5 Å². The number of hydrogen-bond acceptors (Lipinski definition) is 3. The van der Waals surface area contributed by atoms with Crippen LogP contribution in [0.1, 0.15) is 11.7 Å². The summed E-state index contributed by atoms with van der Waals surface area (Å²) in [5, 5.41) is 21.8. The Bertz CT molecular complexity index is 248. The molecule has 1 aliphatic heterocycles. The first kappa shape index (κ1) is 7.79. The minimum Gasteiger partial charge on any atom is -0.389 e. The molecular weight excluding hydrogens is 156 g/mol. The van der Waals surface area contributed by atoms with E-state index in [2.05, 4.69) is 10.3 Å². The number of H-pyrrole nitrogens is 1. The Balaban J connectivity index is 2.16. The topological polar surface area (TPSA) is 68.3 Å². The molecular formula is C8H12N2O2. The van der Waals surface area contributed by atoms with Gasteiger partial charge in [-0.2, -0.15) is 0 Å². The van der Waals surface area contributed by atoms with Gasteiger partial charge in [-0.3, -0.25) is 0 Å². The maximum absolute atomic E-state index is 9.50. The van der Waals surface area contributed by atoms with Crippen molar-refractivity contribution in [2.24, 2.45) is 0 Å². The predicted molar refractivity (Wildman–Crippen MR) is 43.6 cm³/mol. The highest BCUT2D eigenvalue weighted by molar-refractivity contribution is 5.13. The molecule has 0 bridgehead atoms. The molecule has 0 aromatic carbocycles. The molecule has 0 amide bonds. The summed E-state index contributed by atoms with van der Waals surface area (Å²) in [6, 6.07) is 3.60. The van der Waals surface area contributed by atoms with Crippen molar-refractivity contribution in [2.45, 2.75) is 18.2 Å². The fourth-order valence-electron chi connectivity index (χ4n) is 1.54. The van der Waals surface area contributed by atoms with Crippen LogP contribution in [0.25, 0.3) is 0 Å². The molecule has 1 fully saturated rings. The van der Waals surface area contributed by atoms with Crippen molar-refractivity contribution in [3.05, 3.63) is 24.0 Å². The van der Waals surface area contributed by atoms with E-state index in [0.717, 1.165) is 5.69 Å².